The summed E-state index contributed by atoms with van der Waals surface area (Å²) in [4.78, 5) is 27.1. The molecule has 2 rings (SSSR count). The van der Waals surface area contributed by atoms with Crippen molar-refractivity contribution < 1.29 is 14.0 Å². The summed E-state index contributed by atoms with van der Waals surface area (Å²) in [5, 5.41) is 3.47. The van der Waals surface area contributed by atoms with Gasteiger partial charge in [0, 0.05) is 23.9 Å². The molecule has 0 fully saturated rings. The minimum atomic E-state index is -0.623. The summed E-state index contributed by atoms with van der Waals surface area (Å²) in [6, 6.07) is 13.2. The molecule has 0 radical (unpaired) electrons. The summed E-state index contributed by atoms with van der Waals surface area (Å²) >= 11 is 7.41. The third-order valence-corrected chi connectivity index (χ3v) is 5.88. The van der Waals surface area contributed by atoms with Gasteiger partial charge >= 0.3 is 0 Å². The quantitative estimate of drug-likeness (QED) is 0.487. The lowest BCUT2D eigenvalue weighted by Crippen LogP contribution is -2.48. The summed E-state index contributed by atoms with van der Waals surface area (Å²) in [5.41, 5.74) is 1.41. The molecule has 2 aromatic carbocycles. The van der Waals surface area contributed by atoms with Crippen LogP contribution in [0, 0.1) is 5.82 Å². The lowest BCUT2D eigenvalue weighted by atomic mass is 10.1. The van der Waals surface area contributed by atoms with Gasteiger partial charge in [-0.05, 0) is 42.7 Å². The molecule has 4 nitrogen and oxygen atoms in total. The average Bonchev–Trinajstić information content (AvgIpc) is 2.73. The van der Waals surface area contributed by atoms with Crippen molar-refractivity contribution in [2.45, 2.75) is 45.0 Å². The van der Waals surface area contributed by atoms with Gasteiger partial charge in [-0.25, -0.2) is 4.39 Å². The highest BCUT2D eigenvalue weighted by atomic mass is 35.5. The van der Waals surface area contributed by atoms with Crippen LogP contribution in [0.25, 0.3) is 0 Å². The summed E-state index contributed by atoms with van der Waals surface area (Å²) in [6.07, 6.45) is 1.87. The molecule has 0 bridgehead atoms. The normalized spacial score (nSPS) is 11.7. The van der Waals surface area contributed by atoms with Crippen LogP contribution in [-0.4, -0.2) is 35.1 Å². The van der Waals surface area contributed by atoms with Crippen molar-refractivity contribution in [3.8, 4) is 0 Å². The number of thioether (sulfide) groups is 1. The second-order valence-electron chi connectivity index (χ2n) is 7.06. The Balaban J connectivity index is 2.05. The van der Waals surface area contributed by atoms with Gasteiger partial charge in [0.25, 0.3) is 0 Å². The largest absolute Gasteiger partial charge is 0.354 e. The Hall–Kier alpha value is -2.05. The van der Waals surface area contributed by atoms with Crippen LogP contribution < -0.4 is 5.32 Å². The van der Waals surface area contributed by atoms with Crippen LogP contribution >= 0.6 is 23.4 Å². The van der Waals surface area contributed by atoms with E-state index in [9.17, 15) is 14.0 Å². The van der Waals surface area contributed by atoms with Crippen LogP contribution in [0.1, 0.15) is 37.8 Å². The van der Waals surface area contributed by atoms with Gasteiger partial charge in [0.05, 0.1) is 5.75 Å². The molecule has 0 aliphatic rings. The molecule has 0 unspecified atom stereocenters. The first kappa shape index (κ1) is 24.2. The highest BCUT2D eigenvalue weighted by Gasteiger charge is 2.26. The molecule has 0 saturated carbocycles. The third-order valence-electron chi connectivity index (χ3n) is 4.68. The molecule has 30 heavy (non-hydrogen) atoms. The highest BCUT2D eigenvalue weighted by molar-refractivity contribution is 7.99. The third kappa shape index (κ3) is 7.65. The van der Waals surface area contributed by atoms with Crippen molar-refractivity contribution in [2.24, 2.45) is 0 Å². The summed E-state index contributed by atoms with van der Waals surface area (Å²) in [7, 11) is 0. The molecule has 0 spiro atoms. The molecule has 1 atom stereocenters. The van der Waals surface area contributed by atoms with E-state index in [1.165, 1.54) is 17.8 Å². The van der Waals surface area contributed by atoms with E-state index in [-0.39, 0.29) is 29.9 Å². The first-order chi connectivity index (χ1) is 14.4. The number of rotatable bonds is 11. The van der Waals surface area contributed by atoms with Gasteiger partial charge in [-0.3, -0.25) is 9.59 Å². The Kier molecular flexibility index (Phi) is 10.2. The number of nitrogens with one attached hydrogen (secondary N) is 1. The number of nitrogens with zero attached hydrogens (tertiary/aromatic N) is 1. The number of halogens is 2. The number of hydrogen-bond acceptors (Lipinski definition) is 3. The Bertz CT molecular complexity index is 849. The van der Waals surface area contributed by atoms with Crippen LogP contribution in [0.2, 0.25) is 5.02 Å². The van der Waals surface area contributed by atoms with E-state index in [2.05, 4.69) is 12.2 Å². The molecule has 0 aliphatic heterocycles. The van der Waals surface area contributed by atoms with Crippen molar-refractivity contribution in [3.63, 3.8) is 0 Å². The zero-order valence-electron chi connectivity index (χ0n) is 17.4. The van der Waals surface area contributed by atoms with Crippen molar-refractivity contribution in [2.75, 3.05) is 12.3 Å². The Morgan fingerprint density at radius 1 is 1.20 bits per heavy atom. The molecule has 1 N–H and O–H groups in total. The van der Waals surface area contributed by atoms with Gasteiger partial charge in [-0.2, -0.15) is 0 Å². The lowest BCUT2D eigenvalue weighted by molar-refractivity contribution is -0.138. The zero-order chi connectivity index (χ0) is 21.9. The van der Waals surface area contributed by atoms with E-state index < -0.39 is 6.04 Å². The molecule has 0 saturated heterocycles. The van der Waals surface area contributed by atoms with E-state index in [1.54, 1.807) is 42.2 Å². The predicted octanol–water partition coefficient (Wildman–Crippen LogP) is 5.05. The number of benzene rings is 2. The first-order valence-corrected chi connectivity index (χ1v) is 11.6. The fourth-order valence-electron chi connectivity index (χ4n) is 2.90. The Labute approximate surface area is 187 Å². The van der Waals surface area contributed by atoms with Crippen molar-refractivity contribution in [1.82, 2.24) is 10.2 Å². The maximum atomic E-state index is 13.8. The van der Waals surface area contributed by atoms with Gasteiger partial charge in [-0.1, -0.05) is 55.3 Å². The lowest BCUT2D eigenvalue weighted by Gasteiger charge is -2.29. The summed E-state index contributed by atoms with van der Waals surface area (Å²) < 4.78 is 13.8. The van der Waals surface area contributed by atoms with Gasteiger partial charge in [-0.15, -0.1) is 11.8 Å². The molecule has 0 aromatic heterocycles. The van der Waals surface area contributed by atoms with Crippen LogP contribution in [0.3, 0.4) is 0 Å². The second kappa shape index (κ2) is 12.6. The van der Waals surface area contributed by atoms with E-state index in [4.69, 9.17) is 11.6 Å². The van der Waals surface area contributed by atoms with Crippen LogP contribution in [0.5, 0.6) is 0 Å². The Morgan fingerprint density at radius 2 is 1.97 bits per heavy atom. The predicted molar refractivity (Wildman–Crippen MR) is 122 cm³/mol. The zero-order valence-corrected chi connectivity index (χ0v) is 18.9. The van der Waals surface area contributed by atoms with Crippen molar-refractivity contribution in [3.05, 3.63) is 70.5 Å². The van der Waals surface area contributed by atoms with Crippen molar-refractivity contribution in [1.29, 1.82) is 0 Å². The number of carbonyl (C=O) groups excluding carboxylic acids is 2. The smallest absolute Gasteiger partial charge is 0.242 e. The maximum absolute atomic E-state index is 13.8. The number of hydrogen-bond donors (Lipinski definition) is 1. The molecule has 2 amide bonds. The second-order valence-corrected chi connectivity index (χ2v) is 8.48. The SMILES string of the molecule is CCCCNC(=O)[C@H](C)N(Cc1cccc(Cl)c1)C(=O)CSCc1ccccc1F. The van der Waals surface area contributed by atoms with Gasteiger partial charge < -0.3 is 10.2 Å². The van der Waals surface area contributed by atoms with E-state index in [1.807, 2.05) is 12.1 Å². The molecule has 7 heteroatoms. The highest BCUT2D eigenvalue weighted by Crippen LogP contribution is 2.19. The van der Waals surface area contributed by atoms with Crippen LogP contribution in [0.4, 0.5) is 4.39 Å². The molecule has 0 aliphatic carbocycles. The number of amides is 2. The molecule has 0 heterocycles. The monoisotopic (exact) mass is 450 g/mol. The number of carbonyl (C=O) groups is 2. The first-order valence-electron chi connectivity index (χ1n) is 10.0. The summed E-state index contributed by atoms with van der Waals surface area (Å²) in [5.74, 6) is -0.0913. The molecule has 162 valence electrons. The molecule has 2 aromatic rings. The molecular weight excluding hydrogens is 423 g/mol. The van der Waals surface area contributed by atoms with Crippen LogP contribution in [0.15, 0.2) is 48.5 Å². The minimum Gasteiger partial charge on any atom is -0.354 e. The average molecular weight is 451 g/mol. The maximum Gasteiger partial charge on any atom is 0.242 e. The fraction of sp³-hybridized carbons (Fsp3) is 0.391. The number of unbranched alkanes of at least 4 members (excludes halogenated alkanes) is 1. The van der Waals surface area contributed by atoms with Crippen molar-refractivity contribution >= 4 is 35.2 Å². The standard InChI is InChI=1S/C23H28ClFN2O2S/c1-3-4-12-26-23(29)17(2)27(14-18-8-7-10-20(24)13-18)22(28)16-30-15-19-9-5-6-11-21(19)25/h5-11,13,17H,3-4,12,14-16H2,1-2H3,(H,26,29)/t17-/m0/s1. The van der Waals surface area contributed by atoms with E-state index >= 15 is 0 Å². The summed E-state index contributed by atoms with van der Waals surface area (Å²) in [6.45, 7) is 4.64. The van der Waals surface area contributed by atoms with E-state index in [0.717, 1.165) is 18.4 Å². The van der Waals surface area contributed by atoms with Gasteiger partial charge in [0.2, 0.25) is 11.8 Å². The van der Waals surface area contributed by atoms with Crippen LogP contribution in [-0.2, 0) is 21.9 Å². The Morgan fingerprint density at radius 3 is 2.67 bits per heavy atom. The fourth-order valence-corrected chi connectivity index (χ4v) is 4.01. The molecular formula is C23H28ClFN2O2S. The topological polar surface area (TPSA) is 49.4 Å². The van der Waals surface area contributed by atoms with E-state index in [0.29, 0.717) is 22.9 Å². The minimum absolute atomic E-state index is 0.154. The van der Waals surface area contributed by atoms with Gasteiger partial charge in [0.15, 0.2) is 0 Å². The van der Waals surface area contributed by atoms with Gasteiger partial charge in [0.1, 0.15) is 11.9 Å².